The normalized spacial score (nSPS) is 18.3. The van der Waals surface area contributed by atoms with E-state index in [1.807, 2.05) is 71.9 Å². The van der Waals surface area contributed by atoms with Crippen molar-refractivity contribution in [2.75, 3.05) is 0 Å². The zero-order valence-corrected chi connectivity index (χ0v) is 31.3. The number of benzene rings is 2. The SMILES string of the molecule is CCC(C)[C@H](NC(=O)OCc1ccccc1)C(=O)N[C@]1(C(=O)N[C@H](c2nc(C(N)=O)no2)C(C)CC)CCC(C)=C(c2cc(Cl)cc(Cl)c2C)C1. The molecule has 0 radical (unpaired) electrons. The minimum absolute atomic E-state index is 0.00788. The summed E-state index contributed by atoms with van der Waals surface area (Å²) in [4.78, 5) is 58.0. The fraction of sp³-hybridized carbons (Fsp3) is 0.459. The number of carbonyl (C=O) groups is 4. The first-order chi connectivity index (χ1) is 24.2. The Morgan fingerprint density at radius 1 is 1.02 bits per heavy atom. The van der Waals surface area contributed by atoms with E-state index in [4.69, 9.17) is 38.2 Å². The highest BCUT2D eigenvalue weighted by Gasteiger charge is 2.46. The van der Waals surface area contributed by atoms with Crippen LogP contribution in [0.5, 0.6) is 0 Å². The Labute approximate surface area is 308 Å². The van der Waals surface area contributed by atoms with Crippen molar-refractivity contribution in [1.29, 1.82) is 0 Å². The molecule has 0 saturated carbocycles. The molecule has 0 fully saturated rings. The third kappa shape index (κ3) is 9.48. The van der Waals surface area contributed by atoms with Crippen LogP contribution in [0.1, 0.15) is 106 Å². The van der Waals surface area contributed by atoms with Crippen LogP contribution >= 0.6 is 23.2 Å². The Kier molecular flexibility index (Phi) is 13.3. The Morgan fingerprint density at radius 2 is 1.71 bits per heavy atom. The van der Waals surface area contributed by atoms with Gasteiger partial charge in [0.15, 0.2) is 0 Å². The fourth-order valence-corrected chi connectivity index (χ4v) is 6.56. The summed E-state index contributed by atoms with van der Waals surface area (Å²) < 4.78 is 10.8. The minimum atomic E-state index is -1.51. The third-order valence-corrected chi connectivity index (χ3v) is 10.4. The number of aromatic nitrogens is 2. The highest BCUT2D eigenvalue weighted by Crippen LogP contribution is 2.42. The number of allylic oxidation sites excluding steroid dienone is 1. The number of hydrogen-bond acceptors (Lipinski definition) is 8. The molecule has 1 heterocycles. The molecule has 0 saturated heterocycles. The van der Waals surface area contributed by atoms with Crippen LogP contribution in [0, 0.1) is 18.8 Å². The molecular weight excluding hydrogens is 695 g/mol. The van der Waals surface area contributed by atoms with E-state index in [1.165, 1.54) is 0 Å². The lowest BCUT2D eigenvalue weighted by Crippen LogP contribution is -2.64. The molecule has 51 heavy (non-hydrogen) atoms. The van der Waals surface area contributed by atoms with E-state index in [9.17, 15) is 19.2 Å². The second-order valence-electron chi connectivity index (χ2n) is 13.3. The highest BCUT2D eigenvalue weighted by molar-refractivity contribution is 6.35. The summed E-state index contributed by atoms with van der Waals surface area (Å²) in [5, 5.41) is 13.4. The number of hydrogen-bond donors (Lipinski definition) is 4. The van der Waals surface area contributed by atoms with Gasteiger partial charge in [-0.3, -0.25) is 14.4 Å². The van der Waals surface area contributed by atoms with Crippen molar-refractivity contribution >= 4 is 52.6 Å². The van der Waals surface area contributed by atoms with Crippen LogP contribution < -0.4 is 21.7 Å². The maximum Gasteiger partial charge on any atom is 0.408 e. The van der Waals surface area contributed by atoms with Gasteiger partial charge in [-0.05, 0) is 72.9 Å². The van der Waals surface area contributed by atoms with E-state index in [0.29, 0.717) is 29.3 Å². The quantitative estimate of drug-likeness (QED) is 0.139. The molecule has 3 aromatic rings. The van der Waals surface area contributed by atoms with Gasteiger partial charge < -0.3 is 30.9 Å². The number of nitrogens with two attached hydrogens (primary N) is 1. The van der Waals surface area contributed by atoms with Crippen molar-refractivity contribution < 1.29 is 28.4 Å². The van der Waals surface area contributed by atoms with Gasteiger partial charge in [-0.1, -0.05) is 105 Å². The molecule has 1 aliphatic rings. The smallest absolute Gasteiger partial charge is 0.408 e. The van der Waals surface area contributed by atoms with Crippen molar-refractivity contribution in [1.82, 2.24) is 26.1 Å². The van der Waals surface area contributed by atoms with Gasteiger partial charge in [0.1, 0.15) is 24.2 Å². The molecule has 1 aliphatic carbocycles. The topological polar surface area (TPSA) is 179 Å². The summed E-state index contributed by atoms with van der Waals surface area (Å²) in [5.74, 6) is -2.78. The maximum absolute atomic E-state index is 14.8. The molecular formula is C37H46Cl2N6O6. The van der Waals surface area contributed by atoms with Gasteiger partial charge in [0, 0.05) is 16.5 Å². The van der Waals surface area contributed by atoms with Crippen LogP contribution in [-0.2, 0) is 20.9 Å². The van der Waals surface area contributed by atoms with Gasteiger partial charge in [0.05, 0.1) is 0 Å². The Bertz CT molecular complexity index is 1780. The molecule has 2 unspecified atom stereocenters. The van der Waals surface area contributed by atoms with Gasteiger partial charge >= 0.3 is 6.09 Å². The number of rotatable bonds is 14. The van der Waals surface area contributed by atoms with Gasteiger partial charge in [0.2, 0.25) is 17.7 Å². The predicted octanol–water partition coefficient (Wildman–Crippen LogP) is 6.84. The van der Waals surface area contributed by atoms with E-state index in [-0.39, 0.29) is 43.0 Å². The van der Waals surface area contributed by atoms with Crippen LogP contribution in [0.4, 0.5) is 4.79 Å². The predicted molar refractivity (Wildman–Crippen MR) is 195 cm³/mol. The molecule has 5 atom stereocenters. The maximum atomic E-state index is 14.8. The molecule has 0 bridgehead atoms. The highest BCUT2D eigenvalue weighted by atomic mass is 35.5. The van der Waals surface area contributed by atoms with Crippen LogP contribution in [0.25, 0.3) is 5.57 Å². The van der Waals surface area contributed by atoms with E-state index in [2.05, 4.69) is 26.1 Å². The van der Waals surface area contributed by atoms with Crippen LogP contribution in [0.15, 0.2) is 52.6 Å². The zero-order chi connectivity index (χ0) is 37.5. The van der Waals surface area contributed by atoms with Gasteiger partial charge in [-0.2, -0.15) is 4.98 Å². The molecule has 4 rings (SSSR count). The Hall–Kier alpha value is -4.42. The van der Waals surface area contributed by atoms with Crippen molar-refractivity contribution in [3.8, 4) is 0 Å². The van der Waals surface area contributed by atoms with Crippen molar-refractivity contribution in [2.45, 2.75) is 97.9 Å². The number of nitrogens with zero attached hydrogens (tertiary/aromatic N) is 2. The summed E-state index contributed by atoms with van der Waals surface area (Å²) in [6, 6.07) is 10.8. The first kappa shape index (κ1) is 39.4. The summed E-state index contributed by atoms with van der Waals surface area (Å²) in [5.41, 5.74) is 8.02. The first-order valence-electron chi connectivity index (χ1n) is 17.1. The average molecular weight is 742 g/mol. The number of nitrogens with one attached hydrogen (secondary N) is 3. The van der Waals surface area contributed by atoms with Crippen molar-refractivity contribution in [3.63, 3.8) is 0 Å². The molecule has 4 amide bonds. The monoisotopic (exact) mass is 740 g/mol. The molecule has 2 aromatic carbocycles. The molecule has 5 N–H and O–H groups in total. The van der Waals surface area contributed by atoms with Gasteiger partial charge in [-0.15, -0.1) is 0 Å². The van der Waals surface area contributed by atoms with Crippen LogP contribution in [0.3, 0.4) is 0 Å². The van der Waals surface area contributed by atoms with E-state index in [0.717, 1.165) is 27.8 Å². The average Bonchev–Trinajstić information content (AvgIpc) is 3.61. The number of carbonyl (C=O) groups excluding carboxylic acids is 4. The number of primary amides is 1. The lowest BCUT2D eigenvalue weighted by Gasteiger charge is -2.41. The number of halogens is 2. The molecule has 14 heteroatoms. The van der Waals surface area contributed by atoms with E-state index >= 15 is 0 Å². The van der Waals surface area contributed by atoms with Crippen LogP contribution in [0.2, 0.25) is 10.0 Å². The molecule has 274 valence electrons. The lowest BCUT2D eigenvalue weighted by atomic mass is 9.74. The number of alkyl carbamates (subject to hydrolysis) is 1. The van der Waals surface area contributed by atoms with Crippen molar-refractivity contribution in [3.05, 3.63) is 86.5 Å². The lowest BCUT2D eigenvalue weighted by molar-refractivity contribution is -0.136. The minimum Gasteiger partial charge on any atom is -0.445 e. The summed E-state index contributed by atoms with van der Waals surface area (Å²) in [7, 11) is 0. The zero-order valence-electron chi connectivity index (χ0n) is 29.8. The second-order valence-corrected chi connectivity index (χ2v) is 14.1. The van der Waals surface area contributed by atoms with E-state index in [1.54, 1.807) is 12.1 Å². The molecule has 1 aromatic heterocycles. The summed E-state index contributed by atoms with van der Waals surface area (Å²) in [6.45, 7) is 11.4. The first-order valence-corrected chi connectivity index (χ1v) is 17.8. The Morgan fingerprint density at radius 3 is 2.33 bits per heavy atom. The van der Waals surface area contributed by atoms with Crippen LogP contribution in [-0.4, -0.2) is 45.5 Å². The molecule has 0 spiro atoms. The Balaban J connectivity index is 1.72. The second kappa shape index (κ2) is 17.2. The van der Waals surface area contributed by atoms with Gasteiger partial charge in [0.25, 0.3) is 11.7 Å². The molecule has 0 aliphatic heterocycles. The molecule has 12 nitrogen and oxygen atoms in total. The number of ether oxygens (including phenoxy) is 1. The van der Waals surface area contributed by atoms with Crippen molar-refractivity contribution in [2.24, 2.45) is 17.6 Å². The fourth-order valence-electron chi connectivity index (χ4n) is 6.07. The van der Waals surface area contributed by atoms with Gasteiger partial charge in [-0.25, -0.2) is 4.79 Å². The summed E-state index contributed by atoms with van der Waals surface area (Å²) >= 11 is 13.0. The summed E-state index contributed by atoms with van der Waals surface area (Å²) in [6.07, 6.45) is 1.17. The largest absolute Gasteiger partial charge is 0.445 e. The van der Waals surface area contributed by atoms with E-state index < -0.39 is 41.4 Å². The third-order valence-electron chi connectivity index (χ3n) is 9.76. The number of amides is 4. The standard InChI is InChI=1S/C37H46Cl2N6O6/c1-7-20(3)29(42-36(49)50-19-24-12-10-9-11-13-24)33(47)44-37(15-14-22(5)27(18-37)26-16-25(38)17-28(39)23(26)6)35(48)41-30(21(4)8-2)34-43-32(31(40)46)45-51-34/h9-13,16-17,20-21,29-30H,7-8,14-15,18-19H2,1-6H3,(H2,40,46)(H,41,48)(H,42,49)(H,44,47)/t20?,21?,29-,30-,37+/m0/s1.